The third kappa shape index (κ3) is 4.62. The van der Waals surface area contributed by atoms with Gasteiger partial charge in [0, 0.05) is 34.9 Å². The molecular weight excluding hydrogens is 412 g/mol. The maximum absolute atomic E-state index is 13.6. The van der Waals surface area contributed by atoms with Crippen molar-refractivity contribution in [2.24, 2.45) is 5.41 Å². The number of benzene rings is 1. The molecule has 31 heavy (non-hydrogen) atoms. The zero-order chi connectivity index (χ0) is 22.2. The van der Waals surface area contributed by atoms with Crippen LogP contribution in [0.25, 0.3) is 5.69 Å². The largest absolute Gasteiger partial charge is 0.349 e. The van der Waals surface area contributed by atoms with Gasteiger partial charge in [-0.1, -0.05) is 51.1 Å². The van der Waals surface area contributed by atoms with Crippen LogP contribution in [0.3, 0.4) is 0 Å². The second kappa shape index (κ2) is 8.62. The topological polar surface area (TPSA) is 68.2 Å². The van der Waals surface area contributed by atoms with Crippen LogP contribution in [0.1, 0.15) is 85.1 Å². The van der Waals surface area contributed by atoms with Gasteiger partial charge in [-0.3, -0.25) is 19.0 Å². The molecule has 2 aliphatic rings. The number of pyridine rings is 1. The lowest BCUT2D eigenvalue weighted by atomic mass is 9.73. The van der Waals surface area contributed by atoms with E-state index >= 15 is 0 Å². The van der Waals surface area contributed by atoms with Gasteiger partial charge in [0.2, 0.25) is 0 Å². The Morgan fingerprint density at radius 2 is 1.68 bits per heavy atom. The van der Waals surface area contributed by atoms with Gasteiger partial charge in [0.25, 0.3) is 11.5 Å². The summed E-state index contributed by atoms with van der Waals surface area (Å²) >= 11 is 6.01. The minimum atomic E-state index is -0.391. The molecule has 0 unspecified atom stereocenters. The van der Waals surface area contributed by atoms with Gasteiger partial charge in [-0.05, 0) is 54.5 Å². The Kier molecular flexibility index (Phi) is 6.07. The van der Waals surface area contributed by atoms with Crippen LogP contribution in [0.4, 0.5) is 0 Å². The summed E-state index contributed by atoms with van der Waals surface area (Å²) < 4.78 is 1.41. The summed E-state index contributed by atoms with van der Waals surface area (Å²) in [6.07, 6.45) is 8.89. The van der Waals surface area contributed by atoms with Crippen molar-refractivity contribution in [2.45, 2.75) is 71.3 Å². The number of nitrogens with one attached hydrogen (secondary N) is 1. The first kappa shape index (κ1) is 21.8. The maximum atomic E-state index is 13.6. The predicted octanol–water partition coefficient (Wildman–Crippen LogP) is 5.10. The van der Waals surface area contributed by atoms with Crippen molar-refractivity contribution in [2.75, 3.05) is 0 Å². The summed E-state index contributed by atoms with van der Waals surface area (Å²) in [5, 5.41) is 3.67. The smallest absolute Gasteiger partial charge is 0.268 e. The van der Waals surface area contributed by atoms with Gasteiger partial charge in [-0.2, -0.15) is 0 Å². The lowest BCUT2D eigenvalue weighted by Gasteiger charge is -2.32. The lowest BCUT2D eigenvalue weighted by molar-refractivity contribution is 0.0907. The monoisotopic (exact) mass is 440 g/mol. The zero-order valence-electron chi connectivity index (χ0n) is 18.2. The number of halogens is 1. The highest BCUT2D eigenvalue weighted by Gasteiger charge is 2.36. The van der Waals surface area contributed by atoms with Crippen LogP contribution in [0.5, 0.6) is 0 Å². The van der Waals surface area contributed by atoms with E-state index in [1.54, 1.807) is 30.5 Å². The minimum absolute atomic E-state index is 0.0301. The molecule has 0 aliphatic heterocycles. The molecule has 6 heteroatoms. The standard InChI is InChI=1S/C25H29ClN2O3/c1-25(2)13-19-20(21(29)14-25)15-28(18-11-9-16(26)10-12-18)24(31)22(19)23(30)27-17-7-5-3-4-6-8-17/h9-12,15,17H,3-8,13-14H2,1-2H3,(H,27,30). The first-order valence-electron chi connectivity index (χ1n) is 11.1. The predicted molar refractivity (Wildman–Crippen MR) is 122 cm³/mol. The van der Waals surface area contributed by atoms with Gasteiger partial charge in [0.15, 0.2) is 5.78 Å². The third-order valence-corrected chi connectivity index (χ3v) is 6.69. The van der Waals surface area contributed by atoms with Crippen molar-refractivity contribution in [3.8, 4) is 5.69 Å². The number of carbonyl (C=O) groups excluding carboxylic acids is 2. The molecule has 164 valence electrons. The van der Waals surface area contributed by atoms with Crippen molar-refractivity contribution in [3.63, 3.8) is 0 Å². The number of ketones is 1. The fraction of sp³-hybridized carbons (Fsp3) is 0.480. The molecule has 0 radical (unpaired) electrons. The zero-order valence-corrected chi connectivity index (χ0v) is 18.9. The van der Waals surface area contributed by atoms with Crippen LogP contribution in [-0.4, -0.2) is 22.3 Å². The molecule has 1 N–H and O–H groups in total. The number of aromatic nitrogens is 1. The van der Waals surface area contributed by atoms with E-state index in [9.17, 15) is 14.4 Å². The van der Waals surface area contributed by atoms with Crippen LogP contribution in [0, 0.1) is 5.41 Å². The van der Waals surface area contributed by atoms with E-state index < -0.39 is 5.56 Å². The number of hydrogen-bond donors (Lipinski definition) is 1. The second-order valence-electron chi connectivity index (χ2n) is 9.65. The normalized spacial score (nSPS) is 18.9. The van der Waals surface area contributed by atoms with Crippen LogP contribution in [0.15, 0.2) is 35.3 Å². The van der Waals surface area contributed by atoms with E-state index in [0.29, 0.717) is 34.7 Å². The molecule has 1 aromatic carbocycles. The van der Waals surface area contributed by atoms with Crippen LogP contribution in [0.2, 0.25) is 5.02 Å². The first-order valence-corrected chi connectivity index (χ1v) is 11.5. The summed E-state index contributed by atoms with van der Waals surface area (Å²) in [6.45, 7) is 4.01. The number of carbonyl (C=O) groups is 2. The molecule has 1 fully saturated rings. The second-order valence-corrected chi connectivity index (χ2v) is 10.1. The van der Waals surface area contributed by atoms with Crippen LogP contribution < -0.4 is 10.9 Å². The van der Waals surface area contributed by atoms with E-state index in [4.69, 9.17) is 11.6 Å². The Bertz CT molecular complexity index is 1060. The number of rotatable bonds is 3. The Hall–Kier alpha value is -2.40. The Balaban J connectivity index is 1.83. The van der Waals surface area contributed by atoms with E-state index in [0.717, 1.165) is 25.7 Å². The highest BCUT2D eigenvalue weighted by atomic mass is 35.5. The maximum Gasteiger partial charge on any atom is 0.268 e. The van der Waals surface area contributed by atoms with Gasteiger partial charge in [0.1, 0.15) is 5.56 Å². The van der Waals surface area contributed by atoms with Crippen LogP contribution in [-0.2, 0) is 6.42 Å². The van der Waals surface area contributed by atoms with Crippen molar-refractivity contribution in [1.82, 2.24) is 9.88 Å². The Morgan fingerprint density at radius 3 is 2.32 bits per heavy atom. The molecule has 0 atom stereocenters. The number of amides is 1. The SMILES string of the molecule is CC1(C)CC(=O)c2cn(-c3ccc(Cl)cc3)c(=O)c(C(=O)NC3CCCCCC3)c2C1. The highest BCUT2D eigenvalue weighted by Crippen LogP contribution is 2.36. The fourth-order valence-corrected chi connectivity index (χ4v) is 4.98. The highest BCUT2D eigenvalue weighted by molar-refractivity contribution is 6.30. The van der Waals surface area contributed by atoms with Crippen molar-refractivity contribution in [3.05, 3.63) is 62.5 Å². The number of fused-ring (bicyclic) bond motifs is 1. The molecule has 0 bridgehead atoms. The summed E-state index contributed by atoms with van der Waals surface area (Å²) in [5.74, 6) is -0.389. The molecule has 2 aliphatic carbocycles. The number of nitrogens with zero attached hydrogens (tertiary/aromatic N) is 1. The van der Waals surface area contributed by atoms with Gasteiger partial charge < -0.3 is 5.32 Å². The molecule has 1 amide bonds. The summed E-state index contributed by atoms with van der Waals surface area (Å²) in [6, 6.07) is 6.90. The van der Waals surface area contributed by atoms with E-state index in [1.807, 2.05) is 13.8 Å². The minimum Gasteiger partial charge on any atom is -0.349 e. The van der Waals surface area contributed by atoms with E-state index in [1.165, 1.54) is 17.4 Å². The number of Topliss-reactive ketones (excluding diaryl/α,β-unsaturated/α-hetero) is 1. The summed E-state index contributed by atoms with van der Waals surface area (Å²) in [5.41, 5.74) is 1.07. The fourth-order valence-electron chi connectivity index (χ4n) is 4.85. The molecule has 1 aromatic heterocycles. The van der Waals surface area contributed by atoms with E-state index in [2.05, 4.69) is 5.32 Å². The average molecular weight is 441 g/mol. The Morgan fingerprint density at radius 1 is 1.03 bits per heavy atom. The van der Waals surface area contributed by atoms with Crippen molar-refractivity contribution in [1.29, 1.82) is 0 Å². The third-order valence-electron chi connectivity index (χ3n) is 6.43. The first-order chi connectivity index (χ1) is 14.7. The molecule has 0 spiro atoms. The van der Waals surface area contributed by atoms with Gasteiger partial charge in [-0.25, -0.2) is 0 Å². The van der Waals surface area contributed by atoms with Crippen molar-refractivity contribution < 1.29 is 9.59 Å². The van der Waals surface area contributed by atoms with Gasteiger partial charge >= 0.3 is 0 Å². The lowest BCUT2D eigenvalue weighted by Crippen LogP contribution is -2.42. The molecule has 0 saturated heterocycles. The summed E-state index contributed by atoms with van der Waals surface area (Å²) in [7, 11) is 0. The molecule has 1 heterocycles. The van der Waals surface area contributed by atoms with E-state index in [-0.39, 0.29) is 28.7 Å². The molecule has 2 aromatic rings. The number of hydrogen-bond acceptors (Lipinski definition) is 3. The molecule has 4 rings (SSSR count). The average Bonchev–Trinajstić information content (AvgIpc) is 2.96. The molecule has 1 saturated carbocycles. The Labute approximate surface area is 187 Å². The quantitative estimate of drug-likeness (QED) is 0.675. The summed E-state index contributed by atoms with van der Waals surface area (Å²) in [4.78, 5) is 40.0. The van der Waals surface area contributed by atoms with Gasteiger partial charge in [-0.15, -0.1) is 0 Å². The van der Waals surface area contributed by atoms with Gasteiger partial charge in [0.05, 0.1) is 0 Å². The molecular formula is C25H29ClN2O3. The van der Waals surface area contributed by atoms with Crippen molar-refractivity contribution >= 4 is 23.3 Å². The molecule has 5 nitrogen and oxygen atoms in total. The van der Waals surface area contributed by atoms with Crippen LogP contribution >= 0.6 is 11.6 Å².